The summed E-state index contributed by atoms with van der Waals surface area (Å²) in [6, 6.07) is -1.07. The summed E-state index contributed by atoms with van der Waals surface area (Å²) in [4.78, 5) is 34.9. The second-order valence-corrected chi connectivity index (χ2v) is 5.64. The van der Waals surface area contributed by atoms with Gasteiger partial charge in [0.1, 0.15) is 0 Å². The van der Waals surface area contributed by atoms with Crippen LogP contribution < -0.4 is 5.32 Å². The van der Waals surface area contributed by atoms with Gasteiger partial charge in [-0.1, -0.05) is 0 Å². The molecule has 0 spiro atoms. The Bertz CT molecular complexity index is 353. The number of aliphatic carboxylic acids is 1. The number of ether oxygens (including phenoxy) is 1. The summed E-state index contributed by atoms with van der Waals surface area (Å²) in [5.74, 6) is -1.51. The topological polar surface area (TPSA) is 95.9 Å². The first kappa shape index (κ1) is 17.7. The van der Waals surface area contributed by atoms with Crippen LogP contribution in [0.5, 0.6) is 0 Å². The van der Waals surface area contributed by atoms with Crippen molar-refractivity contribution in [3.63, 3.8) is 0 Å². The second kappa shape index (κ2) is 7.35. The first-order chi connectivity index (χ1) is 8.58. The van der Waals surface area contributed by atoms with Gasteiger partial charge in [-0.05, 0) is 0 Å². The Balaban J connectivity index is 4.98. The molecule has 0 radical (unpaired) electrons. The number of carbonyl (C=O) groups is 3. The minimum atomic E-state index is -1.16. The van der Waals surface area contributed by atoms with Gasteiger partial charge in [0.05, 0.1) is 0 Å². The van der Waals surface area contributed by atoms with E-state index >= 15 is 0 Å². The Kier molecular flexibility index (Phi) is 6.86. The van der Waals surface area contributed by atoms with Crippen molar-refractivity contribution < 1.29 is 24.2 Å². The molecule has 2 N–H and O–H groups in total. The van der Waals surface area contributed by atoms with Gasteiger partial charge >= 0.3 is 120 Å². The average molecular weight is 339 g/mol. The van der Waals surface area contributed by atoms with Crippen LogP contribution in [-0.2, 0) is 14.3 Å². The molecule has 110 valence electrons. The van der Waals surface area contributed by atoms with E-state index in [1.165, 1.54) is 6.92 Å². The van der Waals surface area contributed by atoms with Crippen LogP contribution in [0.2, 0.25) is 5.32 Å². The molecule has 0 heterocycles. The molecular formula is C11H20N2O5Se. The molecule has 0 aromatic carbocycles. The zero-order chi connectivity index (χ0) is 15.2. The normalized spacial score (nSPS) is 12.5. The Hall–Kier alpha value is -1.27. The summed E-state index contributed by atoms with van der Waals surface area (Å²) in [6.45, 7) is 6.11. The van der Waals surface area contributed by atoms with E-state index in [4.69, 9.17) is 9.84 Å². The molecule has 1 atom stereocenters. The van der Waals surface area contributed by atoms with Gasteiger partial charge in [0, 0.05) is 0 Å². The average Bonchev–Trinajstić information content (AvgIpc) is 2.20. The zero-order valence-electron chi connectivity index (χ0n) is 11.5. The molecule has 7 nitrogen and oxygen atoms in total. The Labute approximate surface area is 120 Å². The third kappa shape index (κ3) is 7.03. The SMILES string of the molecule is CC(=O)NCN(C(=O)OC(C)(C)C)[C@@H](C[SeH])C(=O)O. The van der Waals surface area contributed by atoms with Crippen LogP contribution in [0.25, 0.3) is 0 Å². The zero-order valence-corrected chi connectivity index (χ0v) is 13.3. The number of hydrogen-bond acceptors (Lipinski definition) is 4. The summed E-state index contributed by atoms with van der Waals surface area (Å²) in [5, 5.41) is 11.6. The first-order valence-corrected chi connectivity index (χ1v) is 6.99. The fraction of sp³-hybridized carbons (Fsp3) is 0.727. The summed E-state index contributed by atoms with van der Waals surface area (Å²) in [7, 11) is 0. The van der Waals surface area contributed by atoms with Crippen molar-refractivity contribution in [2.75, 3.05) is 6.67 Å². The van der Waals surface area contributed by atoms with E-state index in [0.29, 0.717) is 0 Å². The molecule has 8 heteroatoms. The van der Waals surface area contributed by atoms with E-state index < -0.39 is 23.7 Å². The van der Waals surface area contributed by atoms with E-state index in [1.54, 1.807) is 20.8 Å². The fourth-order valence-electron chi connectivity index (χ4n) is 1.13. The van der Waals surface area contributed by atoms with Crippen LogP contribution in [0.4, 0.5) is 4.79 Å². The molecule has 0 bridgehead atoms. The number of hydrogen-bond donors (Lipinski definition) is 2. The number of carboxylic acid groups (broad SMARTS) is 1. The van der Waals surface area contributed by atoms with Gasteiger partial charge < -0.3 is 0 Å². The van der Waals surface area contributed by atoms with Gasteiger partial charge in [0.2, 0.25) is 0 Å². The summed E-state index contributed by atoms with van der Waals surface area (Å²) in [6.07, 6.45) is -0.778. The fourth-order valence-corrected chi connectivity index (χ4v) is 1.87. The minimum absolute atomic E-state index is 0.154. The quantitative estimate of drug-likeness (QED) is 0.547. The van der Waals surface area contributed by atoms with E-state index in [-0.39, 0.29) is 17.9 Å². The molecule has 0 saturated heterocycles. The van der Waals surface area contributed by atoms with Crippen molar-refractivity contribution in [3.8, 4) is 0 Å². The number of nitrogens with one attached hydrogen (secondary N) is 1. The molecule has 0 fully saturated rings. The predicted octanol–water partition coefficient (Wildman–Crippen LogP) is 0.0894. The molecular weight excluding hydrogens is 319 g/mol. The van der Waals surface area contributed by atoms with E-state index in [0.717, 1.165) is 4.90 Å². The summed E-state index contributed by atoms with van der Waals surface area (Å²) < 4.78 is 5.13. The maximum atomic E-state index is 12.0. The van der Waals surface area contributed by atoms with Crippen molar-refractivity contribution >= 4 is 34.0 Å². The van der Waals surface area contributed by atoms with Crippen molar-refractivity contribution in [3.05, 3.63) is 0 Å². The number of carbonyl (C=O) groups excluding carboxylic acids is 2. The Morgan fingerprint density at radius 2 is 1.89 bits per heavy atom. The van der Waals surface area contributed by atoms with Crippen LogP contribution in [0, 0.1) is 0 Å². The molecule has 0 aliphatic rings. The Morgan fingerprint density at radius 3 is 2.21 bits per heavy atom. The standard InChI is InChI=1S/C11H20N2O5Se/c1-7(14)12-6-13(8(5-19)9(15)16)10(17)18-11(2,3)4/h8,19H,5-6H2,1-4H3,(H,12,14)(H,15,16)/t8-/m0/s1. The third-order valence-electron chi connectivity index (χ3n) is 1.96. The molecule has 0 aromatic heterocycles. The van der Waals surface area contributed by atoms with Gasteiger partial charge in [0.15, 0.2) is 0 Å². The number of amides is 2. The van der Waals surface area contributed by atoms with Crippen molar-refractivity contribution in [2.45, 2.75) is 44.7 Å². The monoisotopic (exact) mass is 340 g/mol. The van der Waals surface area contributed by atoms with Crippen LogP contribution in [-0.4, -0.2) is 62.3 Å². The van der Waals surface area contributed by atoms with Crippen LogP contribution in [0.3, 0.4) is 0 Å². The molecule has 0 unspecified atom stereocenters. The van der Waals surface area contributed by atoms with Crippen molar-refractivity contribution in [1.29, 1.82) is 0 Å². The van der Waals surface area contributed by atoms with Crippen LogP contribution in [0.1, 0.15) is 27.7 Å². The van der Waals surface area contributed by atoms with Gasteiger partial charge in [-0.3, -0.25) is 0 Å². The maximum absolute atomic E-state index is 12.0. The van der Waals surface area contributed by atoms with Gasteiger partial charge in [0.25, 0.3) is 0 Å². The summed E-state index contributed by atoms with van der Waals surface area (Å²) >= 11 is 2.10. The molecule has 0 aliphatic heterocycles. The number of rotatable bonds is 5. The van der Waals surface area contributed by atoms with E-state index in [9.17, 15) is 14.4 Å². The number of nitrogens with zero attached hydrogens (tertiary/aromatic N) is 1. The second-order valence-electron chi connectivity index (χ2n) is 4.88. The van der Waals surface area contributed by atoms with Crippen LogP contribution in [0.15, 0.2) is 0 Å². The molecule has 0 rings (SSSR count). The van der Waals surface area contributed by atoms with Gasteiger partial charge in [-0.15, -0.1) is 0 Å². The number of carboxylic acids is 1. The molecule has 2 amide bonds. The van der Waals surface area contributed by atoms with E-state index in [2.05, 4.69) is 21.3 Å². The van der Waals surface area contributed by atoms with Crippen molar-refractivity contribution in [1.82, 2.24) is 10.2 Å². The molecule has 0 saturated carbocycles. The predicted molar refractivity (Wildman–Crippen MR) is 70.1 cm³/mol. The molecule has 0 aliphatic carbocycles. The van der Waals surface area contributed by atoms with Gasteiger partial charge in [-0.2, -0.15) is 0 Å². The summed E-state index contributed by atoms with van der Waals surface area (Å²) in [5.41, 5.74) is -0.739. The molecule has 19 heavy (non-hydrogen) atoms. The van der Waals surface area contributed by atoms with E-state index in [1.807, 2.05) is 0 Å². The third-order valence-corrected chi connectivity index (χ3v) is 2.69. The Morgan fingerprint density at radius 1 is 1.37 bits per heavy atom. The van der Waals surface area contributed by atoms with Crippen LogP contribution >= 0.6 is 0 Å². The molecule has 0 aromatic rings. The first-order valence-electron chi connectivity index (χ1n) is 5.66. The van der Waals surface area contributed by atoms with Crippen molar-refractivity contribution in [2.24, 2.45) is 0 Å². The van der Waals surface area contributed by atoms with Gasteiger partial charge in [-0.25, -0.2) is 0 Å².